The Kier molecular flexibility index (Phi) is 8.87. The second kappa shape index (κ2) is 10.5. The molecule has 0 saturated carbocycles. The molecule has 4 heteroatoms. The lowest BCUT2D eigenvalue weighted by Crippen LogP contribution is -2.28. The molecule has 120 valence electrons. The number of benzene rings is 1. The van der Waals surface area contributed by atoms with Crippen LogP contribution in [0.5, 0.6) is 11.5 Å². The van der Waals surface area contributed by atoms with Gasteiger partial charge in [0.05, 0.1) is 7.11 Å². The van der Waals surface area contributed by atoms with Gasteiger partial charge in [-0.05, 0) is 71.1 Å². The van der Waals surface area contributed by atoms with Crippen LogP contribution in [0.15, 0.2) is 24.3 Å². The van der Waals surface area contributed by atoms with E-state index < -0.39 is 0 Å². The Labute approximate surface area is 129 Å². The smallest absolute Gasteiger partial charge is 0.119 e. The highest BCUT2D eigenvalue weighted by Crippen LogP contribution is 2.16. The second-order valence-electron chi connectivity index (χ2n) is 5.56. The first-order chi connectivity index (χ1) is 10.1. The summed E-state index contributed by atoms with van der Waals surface area (Å²) in [6.07, 6.45) is 2.45. The Bertz CT molecular complexity index is 366. The number of hydrogen-bond donors (Lipinski definition) is 1. The van der Waals surface area contributed by atoms with Crippen LogP contribution < -0.4 is 14.8 Å². The Morgan fingerprint density at radius 3 is 2.33 bits per heavy atom. The molecule has 0 aliphatic rings. The van der Waals surface area contributed by atoms with Gasteiger partial charge >= 0.3 is 0 Å². The van der Waals surface area contributed by atoms with Gasteiger partial charge in [-0.25, -0.2) is 0 Å². The van der Waals surface area contributed by atoms with Crippen molar-refractivity contribution in [1.29, 1.82) is 0 Å². The molecule has 0 atom stereocenters. The topological polar surface area (TPSA) is 33.7 Å². The molecule has 0 fully saturated rings. The van der Waals surface area contributed by atoms with Crippen LogP contribution in [0.2, 0.25) is 0 Å². The van der Waals surface area contributed by atoms with Crippen LogP contribution >= 0.6 is 0 Å². The highest BCUT2D eigenvalue weighted by molar-refractivity contribution is 5.31. The zero-order chi connectivity index (χ0) is 15.5. The van der Waals surface area contributed by atoms with Crippen molar-refractivity contribution in [2.45, 2.75) is 32.7 Å². The summed E-state index contributed by atoms with van der Waals surface area (Å²) in [4.78, 5) is 2.38. The molecule has 0 unspecified atom stereocenters. The molecular formula is C17H30N2O2. The van der Waals surface area contributed by atoms with E-state index in [1.165, 1.54) is 19.4 Å². The first kappa shape index (κ1) is 17.8. The molecule has 0 saturated heterocycles. The Balaban J connectivity index is 1.97. The third-order valence-electron chi connectivity index (χ3n) is 3.60. The molecule has 21 heavy (non-hydrogen) atoms. The van der Waals surface area contributed by atoms with Crippen LogP contribution in [0.4, 0.5) is 0 Å². The summed E-state index contributed by atoms with van der Waals surface area (Å²) in [6, 6.07) is 8.32. The van der Waals surface area contributed by atoms with E-state index in [1.807, 2.05) is 24.3 Å². The van der Waals surface area contributed by atoms with Crippen molar-refractivity contribution in [1.82, 2.24) is 10.2 Å². The summed E-state index contributed by atoms with van der Waals surface area (Å²) < 4.78 is 10.8. The molecule has 1 aromatic rings. The SMILES string of the molecule is COc1ccc(OCCNCCCCN(C)C(C)C)cc1. The maximum atomic E-state index is 5.66. The van der Waals surface area contributed by atoms with Gasteiger partial charge in [0.2, 0.25) is 0 Å². The minimum Gasteiger partial charge on any atom is -0.497 e. The van der Waals surface area contributed by atoms with Gasteiger partial charge in [-0.2, -0.15) is 0 Å². The van der Waals surface area contributed by atoms with Crippen molar-refractivity contribution in [3.63, 3.8) is 0 Å². The van der Waals surface area contributed by atoms with Crippen molar-refractivity contribution in [3.8, 4) is 11.5 Å². The average Bonchev–Trinajstić information content (AvgIpc) is 2.50. The van der Waals surface area contributed by atoms with Crippen molar-refractivity contribution in [3.05, 3.63) is 24.3 Å². The van der Waals surface area contributed by atoms with Crippen molar-refractivity contribution in [2.24, 2.45) is 0 Å². The largest absolute Gasteiger partial charge is 0.497 e. The predicted molar refractivity (Wildman–Crippen MR) is 88.4 cm³/mol. The quantitative estimate of drug-likeness (QED) is 0.636. The molecule has 0 heterocycles. The molecule has 0 aliphatic heterocycles. The fourth-order valence-corrected chi connectivity index (χ4v) is 1.91. The van der Waals surface area contributed by atoms with E-state index in [0.717, 1.165) is 24.6 Å². The third kappa shape index (κ3) is 7.93. The van der Waals surface area contributed by atoms with Gasteiger partial charge in [-0.3, -0.25) is 0 Å². The molecule has 1 aromatic carbocycles. The minimum absolute atomic E-state index is 0.635. The van der Waals surface area contributed by atoms with Crippen LogP contribution in [0, 0.1) is 0 Å². The number of hydrogen-bond acceptors (Lipinski definition) is 4. The number of unbranched alkanes of at least 4 members (excludes halogenated alkanes) is 1. The average molecular weight is 294 g/mol. The molecule has 1 N–H and O–H groups in total. The molecule has 0 aliphatic carbocycles. The number of ether oxygens (including phenoxy) is 2. The van der Waals surface area contributed by atoms with Crippen LogP contribution in [0.25, 0.3) is 0 Å². The zero-order valence-electron chi connectivity index (χ0n) is 13.9. The van der Waals surface area contributed by atoms with E-state index in [0.29, 0.717) is 12.6 Å². The van der Waals surface area contributed by atoms with E-state index in [4.69, 9.17) is 9.47 Å². The van der Waals surface area contributed by atoms with Crippen LogP contribution in [0.1, 0.15) is 26.7 Å². The summed E-state index contributed by atoms with van der Waals surface area (Å²) in [6.45, 7) is 8.26. The molecule has 0 aromatic heterocycles. The summed E-state index contributed by atoms with van der Waals surface area (Å²) in [7, 11) is 3.85. The van der Waals surface area contributed by atoms with Crippen LogP contribution in [-0.2, 0) is 0 Å². The lowest BCUT2D eigenvalue weighted by atomic mass is 10.2. The van der Waals surface area contributed by atoms with Gasteiger partial charge in [0, 0.05) is 12.6 Å². The summed E-state index contributed by atoms with van der Waals surface area (Å²) >= 11 is 0. The summed E-state index contributed by atoms with van der Waals surface area (Å²) in [5.41, 5.74) is 0. The van der Waals surface area contributed by atoms with E-state index in [9.17, 15) is 0 Å². The van der Waals surface area contributed by atoms with E-state index in [1.54, 1.807) is 7.11 Å². The maximum absolute atomic E-state index is 5.66. The number of nitrogens with one attached hydrogen (secondary N) is 1. The van der Waals surface area contributed by atoms with Crippen LogP contribution in [0.3, 0.4) is 0 Å². The summed E-state index contributed by atoms with van der Waals surface area (Å²) in [5.74, 6) is 1.74. The van der Waals surface area contributed by atoms with Crippen molar-refractivity contribution in [2.75, 3.05) is 40.4 Å². The lowest BCUT2D eigenvalue weighted by Gasteiger charge is -2.20. The first-order valence-electron chi connectivity index (χ1n) is 7.81. The molecule has 0 radical (unpaired) electrons. The van der Waals surface area contributed by atoms with Gasteiger partial charge in [0.1, 0.15) is 18.1 Å². The molecule has 0 bridgehead atoms. The lowest BCUT2D eigenvalue weighted by molar-refractivity contribution is 0.267. The third-order valence-corrected chi connectivity index (χ3v) is 3.60. The normalized spacial score (nSPS) is 11.1. The highest BCUT2D eigenvalue weighted by Gasteiger charge is 2.01. The number of methoxy groups -OCH3 is 1. The Morgan fingerprint density at radius 1 is 1.05 bits per heavy atom. The van der Waals surface area contributed by atoms with Gasteiger partial charge < -0.3 is 19.7 Å². The zero-order valence-corrected chi connectivity index (χ0v) is 13.9. The molecule has 4 nitrogen and oxygen atoms in total. The summed E-state index contributed by atoms with van der Waals surface area (Å²) in [5, 5.41) is 3.41. The molecular weight excluding hydrogens is 264 g/mol. The number of nitrogens with zero attached hydrogens (tertiary/aromatic N) is 1. The molecule has 0 spiro atoms. The number of rotatable bonds is 11. The minimum atomic E-state index is 0.635. The van der Waals surface area contributed by atoms with E-state index in [-0.39, 0.29) is 0 Å². The monoisotopic (exact) mass is 294 g/mol. The van der Waals surface area contributed by atoms with Gasteiger partial charge in [0.15, 0.2) is 0 Å². The van der Waals surface area contributed by atoms with Gasteiger partial charge in [-0.1, -0.05) is 0 Å². The highest BCUT2D eigenvalue weighted by atomic mass is 16.5. The standard InChI is InChI=1S/C17H30N2O2/c1-15(2)19(3)13-6-5-11-18-12-14-21-17-9-7-16(20-4)8-10-17/h7-10,15,18H,5-6,11-14H2,1-4H3. The van der Waals surface area contributed by atoms with Gasteiger partial charge in [-0.15, -0.1) is 0 Å². The van der Waals surface area contributed by atoms with Crippen molar-refractivity contribution < 1.29 is 9.47 Å². The van der Waals surface area contributed by atoms with Crippen molar-refractivity contribution >= 4 is 0 Å². The second-order valence-corrected chi connectivity index (χ2v) is 5.56. The maximum Gasteiger partial charge on any atom is 0.119 e. The van der Waals surface area contributed by atoms with E-state index >= 15 is 0 Å². The fourth-order valence-electron chi connectivity index (χ4n) is 1.91. The van der Waals surface area contributed by atoms with E-state index in [2.05, 4.69) is 31.1 Å². The van der Waals surface area contributed by atoms with Gasteiger partial charge in [0.25, 0.3) is 0 Å². The molecule has 1 rings (SSSR count). The predicted octanol–water partition coefficient (Wildman–Crippen LogP) is 2.78. The Hall–Kier alpha value is -1.26. The van der Waals surface area contributed by atoms with Crippen LogP contribution in [-0.4, -0.2) is 51.3 Å². The molecule has 0 amide bonds. The first-order valence-corrected chi connectivity index (χ1v) is 7.81. The fraction of sp³-hybridized carbons (Fsp3) is 0.647. The Morgan fingerprint density at radius 2 is 1.71 bits per heavy atom.